The van der Waals surface area contributed by atoms with Crippen LogP contribution in [0.15, 0.2) is 17.6 Å². The highest BCUT2D eigenvalue weighted by Gasteiger charge is 2.29. The van der Waals surface area contributed by atoms with Crippen LogP contribution in [0.2, 0.25) is 0 Å². The zero-order valence-corrected chi connectivity index (χ0v) is 15.2. The van der Waals surface area contributed by atoms with Crippen molar-refractivity contribution in [3.8, 4) is 17.0 Å². The van der Waals surface area contributed by atoms with Gasteiger partial charge in [-0.3, -0.25) is 4.57 Å². The Morgan fingerprint density at radius 3 is 2.70 bits per heavy atom. The number of aromatic nitrogens is 1. The van der Waals surface area contributed by atoms with Crippen LogP contribution in [0.4, 0.5) is 0 Å². The Morgan fingerprint density at radius 1 is 1.26 bits per heavy atom. The molecule has 3 rings (SSSR count). The number of ether oxygens (including phenoxy) is 1. The highest BCUT2D eigenvalue weighted by Crippen LogP contribution is 2.50. The van der Waals surface area contributed by atoms with Crippen molar-refractivity contribution in [3.63, 3.8) is 0 Å². The average molecular weight is 353 g/mol. The van der Waals surface area contributed by atoms with Gasteiger partial charge in [0.05, 0.1) is 24.4 Å². The monoisotopic (exact) mass is 353 g/mol. The maximum Gasteiger partial charge on any atom is 0.367 e. The Hall–Kier alpha value is -1.20. The predicted molar refractivity (Wildman–Crippen MR) is 91.4 cm³/mol. The molecule has 0 aliphatic heterocycles. The van der Waals surface area contributed by atoms with Gasteiger partial charge in [0, 0.05) is 16.9 Å². The van der Waals surface area contributed by atoms with Gasteiger partial charge < -0.3 is 13.8 Å². The second kappa shape index (κ2) is 6.73. The largest absolute Gasteiger partial charge is 0.480 e. The van der Waals surface area contributed by atoms with E-state index >= 15 is 0 Å². The van der Waals surface area contributed by atoms with Crippen LogP contribution in [0.25, 0.3) is 11.3 Å². The first-order valence-corrected chi connectivity index (χ1v) is 10.2. The molecule has 0 spiro atoms. The van der Waals surface area contributed by atoms with Crippen molar-refractivity contribution in [1.82, 2.24) is 4.98 Å². The summed E-state index contributed by atoms with van der Waals surface area (Å²) in [4.78, 5) is 5.71. The summed E-state index contributed by atoms with van der Waals surface area (Å²) in [6.45, 7) is 6.31. The van der Waals surface area contributed by atoms with Gasteiger partial charge in [-0.2, -0.15) is 0 Å². The summed E-state index contributed by atoms with van der Waals surface area (Å²) >= 11 is 1.66. The quantitative estimate of drug-likeness (QED) is 0.580. The Labute approximate surface area is 140 Å². The Bertz CT molecular complexity index is 749. The van der Waals surface area contributed by atoms with Crippen LogP contribution < -0.4 is 4.74 Å². The van der Waals surface area contributed by atoms with E-state index in [2.05, 4.69) is 11.9 Å². The molecule has 0 fully saturated rings. The molecule has 0 saturated carbocycles. The predicted octanol–water partition coefficient (Wildman–Crippen LogP) is 4.63. The van der Waals surface area contributed by atoms with Crippen molar-refractivity contribution in [2.24, 2.45) is 0 Å². The number of fused-ring (bicyclic) bond motifs is 3. The fraction of sp³-hybridized carbons (Fsp3) is 0.438. The van der Waals surface area contributed by atoms with Gasteiger partial charge in [0.1, 0.15) is 5.75 Å². The highest BCUT2D eigenvalue weighted by molar-refractivity contribution is 7.53. The third-order valence-corrected chi connectivity index (χ3v) is 6.34. The fourth-order valence-electron chi connectivity index (χ4n) is 2.75. The molecule has 0 N–H and O–H groups in total. The van der Waals surface area contributed by atoms with Gasteiger partial charge in [-0.15, -0.1) is 11.3 Å². The first kappa shape index (κ1) is 16.7. The Morgan fingerprint density at radius 2 is 2.00 bits per heavy atom. The number of hydrogen-bond acceptors (Lipinski definition) is 6. The summed E-state index contributed by atoms with van der Waals surface area (Å²) in [5, 5.41) is 0. The number of hydrogen-bond donors (Lipinski definition) is 0. The Balaban J connectivity index is 1.88. The van der Waals surface area contributed by atoms with Crippen LogP contribution in [0.1, 0.15) is 29.9 Å². The lowest BCUT2D eigenvalue weighted by Crippen LogP contribution is -2.06. The summed E-state index contributed by atoms with van der Waals surface area (Å²) in [5.41, 5.74) is 6.30. The normalized spacial score (nSPS) is 13.0. The summed E-state index contributed by atoms with van der Waals surface area (Å²) in [5.74, 6) is 0.690. The SMILES string of the molecule is CCOP(=O)(COc1ccc(C)c2c1-c1ncsc1C2)OCC. The molecule has 5 nitrogen and oxygen atoms in total. The number of nitrogens with zero attached hydrogens (tertiary/aromatic N) is 1. The first-order chi connectivity index (χ1) is 11.1. The van der Waals surface area contributed by atoms with Crippen LogP contribution >= 0.6 is 18.9 Å². The van der Waals surface area contributed by atoms with Gasteiger partial charge in [0.2, 0.25) is 0 Å². The molecular formula is C16H20NO4PS. The molecule has 0 saturated heterocycles. The van der Waals surface area contributed by atoms with Gasteiger partial charge in [0.25, 0.3) is 0 Å². The molecule has 0 amide bonds. The van der Waals surface area contributed by atoms with Gasteiger partial charge in [-0.25, -0.2) is 4.98 Å². The molecule has 0 bridgehead atoms. The maximum absolute atomic E-state index is 12.6. The van der Waals surface area contributed by atoms with Crippen LogP contribution in [-0.2, 0) is 20.0 Å². The molecule has 1 heterocycles. The van der Waals surface area contributed by atoms with Crippen molar-refractivity contribution >= 4 is 18.9 Å². The molecule has 1 aromatic heterocycles. The van der Waals surface area contributed by atoms with Crippen molar-refractivity contribution in [1.29, 1.82) is 0 Å². The minimum absolute atomic E-state index is 0.0936. The zero-order chi connectivity index (χ0) is 16.4. The van der Waals surface area contributed by atoms with Crippen molar-refractivity contribution in [3.05, 3.63) is 33.6 Å². The zero-order valence-electron chi connectivity index (χ0n) is 13.5. The van der Waals surface area contributed by atoms with Gasteiger partial charge in [0.15, 0.2) is 6.35 Å². The lowest BCUT2D eigenvalue weighted by Gasteiger charge is -2.19. The molecule has 0 unspecified atom stereocenters. The molecule has 0 atom stereocenters. The smallest absolute Gasteiger partial charge is 0.367 e. The van der Waals surface area contributed by atoms with Crippen LogP contribution in [-0.4, -0.2) is 24.5 Å². The highest BCUT2D eigenvalue weighted by atomic mass is 32.1. The van der Waals surface area contributed by atoms with E-state index < -0.39 is 7.60 Å². The summed E-state index contributed by atoms with van der Waals surface area (Å²) in [6, 6.07) is 3.93. The van der Waals surface area contributed by atoms with E-state index in [-0.39, 0.29) is 6.35 Å². The fourth-order valence-corrected chi connectivity index (χ4v) is 4.84. The molecule has 7 heteroatoms. The maximum atomic E-state index is 12.6. The third-order valence-electron chi connectivity index (χ3n) is 3.75. The lowest BCUT2D eigenvalue weighted by atomic mass is 10.0. The van der Waals surface area contributed by atoms with Gasteiger partial charge in [-0.1, -0.05) is 6.07 Å². The van der Waals surface area contributed by atoms with Crippen LogP contribution in [0.5, 0.6) is 5.75 Å². The van der Waals surface area contributed by atoms with E-state index in [0.717, 1.165) is 17.7 Å². The van der Waals surface area contributed by atoms with Crippen molar-refractivity contribution in [2.45, 2.75) is 27.2 Å². The number of benzene rings is 1. The van der Waals surface area contributed by atoms with Crippen LogP contribution in [0.3, 0.4) is 0 Å². The molecule has 0 radical (unpaired) electrons. The van der Waals surface area contributed by atoms with E-state index in [1.54, 1.807) is 25.2 Å². The molecule has 124 valence electrons. The molecule has 1 aromatic carbocycles. The second-order valence-corrected chi connectivity index (χ2v) is 8.19. The Kier molecular flexibility index (Phi) is 4.87. The minimum atomic E-state index is -3.23. The van der Waals surface area contributed by atoms with E-state index in [1.807, 2.05) is 17.6 Å². The van der Waals surface area contributed by atoms with Crippen molar-refractivity contribution < 1.29 is 18.3 Å². The van der Waals surface area contributed by atoms with E-state index in [4.69, 9.17) is 13.8 Å². The third kappa shape index (κ3) is 3.22. The summed E-state index contributed by atoms with van der Waals surface area (Å²) in [7, 11) is -3.23. The molecule has 1 aliphatic carbocycles. The van der Waals surface area contributed by atoms with E-state index in [1.165, 1.54) is 16.0 Å². The number of aryl methyl sites for hydroxylation is 1. The molecule has 23 heavy (non-hydrogen) atoms. The average Bonchev–Trinajstić information content (AvgIpc) is 3.09. The van der Waals surface area contributed by atoms with Crippen molar-refractivity contribution in [2.75, 3.05) is 19.6 Å². The van der Waals surface area contributed by atoms with Gasteiger partial charge >= 0.3 is 7.60 Å². The summed E-state index contributed by atoms with van der Waals surface area (Å²) in [6.07, 6.45) is 0.788. The first-order valence-electron chi connectivity index (χ1n) is 7.64. The topological polar surface area (TPSA) is 57.7 Å². The molecular weight excluding hydrogens is 333 g/mol. The second-order valence-electron chi connectivity index (χ2n) is 5.25. The van der Waals surface area contributed by atoms with E-state index in [9.17, 15) is 4.57 Å². The number of thiazole rings is 1. The lowest BCUT2D eigenvalue weighted by molar-refractivity contribution is 0.197. The molecule has 1 aliphatic rings. The van der Waals surface area contributed by atoms with E-state index in [0.29, 0.717) is 19.0 Å². The van der Waals surface area contributed by atoms with Gasteiger partial charge in [-0.05, 0) is 38.0 Å². The standard InChI is InChI=1S/C16H20NO4PS/c1-4-20-22(18,21-5-2)10-19-13-7-6-11(3)12-8-14-16(15(12)13)17-9-23-14/h6-7,9H,4-5,8,10H2,1-3H3. The molecule has 2 aromatic rings. The number of rotatable bonds is 7. The summed E-state index contributed by atoms with van der Waals surface area (Å²) < 4.78 is 29.0. The van der Waals surface area contributed by atoms with Crippen LogP contribution in [0, 0.1) is 6.92 Å². The minimum Gasteiger partial charge on any atom is -0.480 e.